The van der Waals surface area contributed by atoms with Gasteiger partial charge >= 0.3 is 0 Å². The number of hydrogen-bond donors (Lipinski definition) is 2. The van der Waals surface area contributed by atoms with Gasteiger partial charge in [-0.1, -0.05) is 29.8 Å². The minimum atomic E-state index is -0.0495. The van der Waals surface area contributed by atoms with Crippen LogP contribution in [0, 0.1) is 0 Å². The van der Waals surface area contributed by atoms with E-state index < -0.39 is 0 Å². The number of halogens is 1. The highest BCUT2D eigenvalue weighted by atomic mass is 35.5. The molecule has 3 aromatic rings. The number of rotatable bonds is 4. The van der Waals surface area contributed by atoms with Gasteiger partial charge in [0.15, 0.2) is 11.5 Å². The Balaban J connectivity index is 1.75. The van der Waals surface area contributed by atoms with Crippen molar-refractivity contribution in [3.63, 3.8) is 0 Å². The number of aromatic nitrogens is 3. The molecule has 0 bridgehead atoms. The van der Waals surface area contributed by atoms with Crippen molar-refractivity contribution in [3.05, 3.63) is 58.6 Å². The van der Waals surface area contributed by atoms with E-state index in [1.165, 1.54) is 0 Å². The van der Waals surface area contributed by atoms with E-state index in [0.717, 1.165) is 17.5 Å². The van der Waals surface area contributed by atoms with Crippen molar-refractivity contribution in [2.45, 2.75) is 18.5 Å². The molecule has 0 aliphatic carbocycles. The molecule has 0 fully saturated rings. The van der Waals surface area contributed by atoms with E-state index in [1.807, 2.05) is 47.1 Å². The van der Waals surface area contributed by atoms with E-state index in [-0.39, 0.29) is 18.0 Å². The Hall–Kier alpha value is -2.93. The van der Waals surface area contributed by atoms with Gasteiger partial charge in [-0.05, 0) is 41.8 Å². The van der Waals surface area contributed by atoms with Crippen molar-refractivity contribution in [3.8, 4) is 11.5 Å². The Kier molecular flexibility index (Phi) is 4.53. The topological polar surface area (TPSA) is 87.2 Å². The Morgan fingerprint density at radius 1 is 1.07 bits per heavy atom. The third-order valence-electron chi connectivity index (χ3n) is 4.77. The standard InChI is InChI=1S/C19H20ClN5O2/c1-26-16-8-5-12(9-17(16)27-2)15-10-14(11-3-6-13(20)7-4-11)22-19-23-18(21)24-25(15)19/h3-9,14-15H,10H2,1-2H3,(H3,21,22,23,24)/t14-,15+/m0/s1. The zero-order valence-corrected chi connectivity index (χ0v) is 15.8. The summed E-state index contributed by atoms with van der Waals surface area (Å²) in [5.74, 6) is 2.23. The smallest absolute Gasteiger partial charge is 0.241 e. The molecule has 2 aromatic carbocycles. The van der Waals surface area contributed by atoms with Gasteiger partial charge in [0.25, 0.3) is 0 Å². The highest BCUT2D eigenvalue weighted by Gasteiger charge is 2.31. The molecule has 140 valence electrons. The first-order valence-electron chi connectivity index (χ1n) is 8.55. The minimum absolute atomic E-state index is 0.0495. The summed E-state index contributed by atoms with van der Waals surface area (Å²) in [7, 11) is 3.24. The summed E-state index contributed by atoms with van der Waals surface area (Å²) in [5, 5.41) is 8.50. The molecule has 0 unspecified atom stereocenters. The van der Waals surface area contributed by atoms with Gasteiger partial charge in [0, 0.05) is 5.02 Å². The van der Waals surface area contributed by atoms with Crippen LogP contribution in [0.5, 0.6) is 11.5 Å². The largest absolute Gasteiger partial charge is 0.493 e. The lowest BCUT2D eigenvalue weighted by Gasteiger charge is -2.32. The van der Waals surface area contributed by atoms with Crippen molar-refractivity contribution in [2.24, 2.45) is 0 Å². The average molecular weight is 386 g/mol. The molecule has 0 amide bonds. The van der Waals surface area contributed by atoms with Crippen LogP contribution in [0.3, 0.4) is 0 Å². The molecule has 0 saturated heterocycles. The molecule has 4 rings (SSSR count). The second kappa shape index (κ2) is 7.00. The van der Waals surface area contributed by atoms with E-state index in [4.69, 9.17) is 26.8 Å². The summed E-state index contributed by atoms with van der Waals surface area (Å²) in [5.41, 5.74) is 8.02. The predicted molar refractivity (Wildman–Crippen MR) is 105 cm³/mol. The van der Waals surface area contributed by atoms with Crippen LogP contribution in [-0.2, 0) is 0 Å². The minimum Gasteiger partial charge on any atom is -0.493 e. The molecule has 1 aromatic heterocycles. The molecular weight excluding hydrogens is 366 g/mol. The van der Waals surface area contributed by atoms with Crippen molar-refractivity contribution < 1.29 is 9.47 Å². The number of hydrogen-bond acceptors (Lipinski definition) is 6. The normalized spacial score (nSPS) is 18.5. The molecule has 0 spiro atoms. The average Bonchev–Trinajstić information content (AvgIpc) is 3.07. The first kappa shape index (κ1) is 17.5. The summed E-state index contributed by atoms with van der Waals surface area (Å²) in [6.45, 7) is 0. The summed E-state index contributed by atoms with van der Waals surface area (Å²) >= 11 is 6.03. The van der Waals surface area contributed by atoms with Gasteiger partial charge in [0.1, 0.15) is 0 Å². The predicted octanol–water partition coefficient (Wildman–Crippen LogP) is 3.68. The molecule has 0 radical (unpaired) electrons. The fraction of sp³-hybridized carbons (Fsp3) is 0.263. The third kappa shape index (κ3) is 3.26. The van der Waals surface area contributed by atoms with Gasteiger partial charge in [-0.25, -0.2) is 4.68 Å². The van der Waals surface area contributed by atoms with Gasteiger partial charge in [0.05, 0.1) is 26.3 Å². The Bertz CT molecular complexity index is 957. The maximum Gasteiger partial charge on any atom is 0.241 e. The number of nitrogens with two attached hydrogens (primary N) is 1. The molecule has 1 aliphatic heterocycles. The molecule has 7 nitrogen and oxygen atoms in total. The molecule has 27 heavy (non-hydrogen) atoms. The number of anilines is 2. The molecule has 3 N–H and O–H groups in total. The van der Waals surface area contributed by atoms with Crippen LogP contribution in [0.1, 0.15) is 29.6 Å². The first-order valence-corrected chi connectivity index (χ1v) is 8.92. The lowest BCUT2D eigenvalue weighted by molar-refractivity contribution is 0.352. The third-order valence-corrected chi connectivity index (χ3v) is 5.02. The monoisotopic (exact) mass is 385 g/mol. The number of benzene rings is 2. The lowest BCUT2D eigenvalue weighted by Crippen LogP contribution is -2.28. The SMILES string of the molecule is COc1ccc([C@H]2C[C@@H](c3ccc(Cl)cc3)Nc3nc(N)nn32)cc1OC. The zero-order chi connectivity index (χ0) is 19.0. The Morgan fingerprint density at radius 2 is 1.78 bits per heavy atom. The van der Waals surface area contributed by atoms with Crippen LogP contribution in [0.15, 0.2) is 42.5 Å². The van der Waals surface area contributed by atoms with E-state index in [2.05, 4.69) is 15.4 Å². The number of methoxy groups -OCH3 is 2. The number of ether oxygens (including phenoxy) is 2. The number of nitrogen functional groups attached to an aromatic ring is 1. The lowest BCUT2D eigenvalue weighted by atomic mass is 9.93. The molecule has 2 heterocycles. The summed E-state index contributed by atoms with van der Waals surface area (Å²) in [6, 6.07) is 13.7. The van der Waals surface area contributed by atoms with Crippen LogP contribution in [0.4, 0.5) is 11.9 Å². The maximum atomic E-state index is 6.03. The first-order chi connectivity index (χ1) is 13.1. The molecule has 2 atom stereocenters. The van der Waals surface area contributed by atoms with Gasteiger partial charge in [-0.3, -0.25) is 0 Å². The Labute approximate surface area is 162 Å². The van der Waals surface area contributed by atoms with Crippen LogP contribution < -0.4 is 20.5 Å². The van der Waals surface area contributed by atoms with Crippen LogP contribution in [-0.4, -0.2) is 29.0 Å². The number of nitrogens with zero attached hydrogens (tertiary/aromatic N) is 3. The summed E-state index contributed by atoms with van der Waals surface area (Å²) < 4.78 is 12.6. The van der Waals surface area contributed by atoms with E-state index in [9.17, 15) is 0 Å². The second-order valence-corrected chi connectivity index (χ2v) is 6.79. The quantitative estimate of drug-likeness (QED) is 0.712. The highest BCUT2D eigenvalue weighted by Crippen LogP contribution is 2.40. The van der Waals surface area contributed by atoms with E-state index in [0.29, 0.717) is 22.5 Å². The van der Waals surface area contributed by atoms with E-state index >= 15 is 0 Å². The second-order valence-electron chi connectivity index (χ2n) is 6.35. The van der Waals surface area contributed by atoms with Gasteiger partial charge in [-0.2, -0.15) is 4.98 Å². The van der Waals surface area contributed by atoms with Crippen molar-refractivity contribution in [2.75, 3.05) is 25.3 Å². The molecular formula is C19H20ClN5O2. The van der Waals surface area contributed by atoms with Crippen LogP contribution >= 0.6 is 11.6 Å². The summed E-state index contributed by atoms with van der Waals surface area (Å²) in [4.78, 5) is 4.33. The number of fused-ring (bicyclic) bond motifs is 1. The fourth-order valence-electron chi connectivity index (χ4n) is 3.45. The molecule has 8 heteroatoms. The summed E-state index contributed by atoms with van der Waals surface area (Å²) in [6.07, 6.45) is 0.771. The molecule has 0 saturated carbocycles. The fourth-order valence-corrected chi connectivity index (χ4v) is 3.57. The van der Waals surface area contributed by atoms with Crippen molar-refractivity contribution in [1.29, 1.82) is 0 Å². The van der Waals surface area contributed by atoms with Crippen molar-refractivity contribution >= 4 is 23.5 Å². The zero-order valence-electron chi connectivity index (χ0n) is 15.0. The van der Waals surface area contributed by atoms with Gasteiger partial charge < -0.3 is 20.5 Å². The highest BCUT2D eigenvalue weighted by molar-refractivity contribution is 6.30. The van der Waals surface area contributed by atoms with Gasteiger partial charge in [-0.15, -0.1) is 5.10 Å². The van der Waals surface area contributed by atoms with Crippen LogP contribution in [0.25, 0.3) is 0 Å². The number of nitrogens with one attached hydrogen (secondary N) is 1. The maximum absolute atomic E-state index is 6.03. The van der Waals surface area contributed by atoms with Gasteiger partial charge in [0.2, 0.25) is 11.9 Å². The van der Waals surface area contributed by atoms with Crippen molar-refractivity contribution in [1.82, 2.24) is 14.8 Å². The van der Waals surface area contributed by atoms with E-state index in [1.54, 1.807) is 14.2 Å². The molecule has 1 aliphatic rings. The Morgan fingerprint density at radius 3 is 2.48 bits per heavy atom. The van der Waals surface area contributed by atoms with Crippen LogP contribution in [0.2, 0.25) is 5.02 Å².